The highest BCUT2D eigenvalue weighted by molar-refractivity contribution is 7.89. The largest absolute Gasteiger partial charge is 0.349 e. The van der Waals surface area contributed by atoms with Gasteiger partial charge in [0, 0.05) is 24.9 Å². The normalized spacial score (nSPS) is 11.3. The van der Waals surface area contributed by atoms with Crippen LogP contribution >= 0.6 is 11.3 Å². The molecule has 0 radical (unpaired) electrons. The summed E-state index contributed by atoms with van der Waals surface area (Å²) >= 11 is 1.43. The van der Waals surface area contributed by atoms with E-state index in [4.69, 9.17) is 0 Å². The van der Waals surface area contributed by atoms with Crippen molar-refractivity contribution < 1.29 is 13.2 Å². The molecule has 2 N–H and O–H groups in total. The number of carbonyl (C=O) groups is 1. The number of nitrogens with zero attached hydrogens (tertiary/aromatic N) is 1. The number of sulfonamides is 1. The van der Waals surface area contributed by atoms with Gasteiger partial charge in [-0.15, -0.1) is 11.3 Å². The Hall–Kier alpha value is -2.55. The topological polar surface area (TPSA) is 88.2 Å². The van der Waals surface area contributed by atoms with Gasteiger partial charge in [0.05, 0.1) is 9.90 Å². The molecule has 0 fully saturated rings. The van der Waals surface area contributed by atoms with Crippen LogP contribution in [0.1, 0.15) is 21.1 Å². The third-order valence-corrected chi connectivity index (χ3v) is 6.06. The van der Waals surface area contributed by atoms with E-state index < -0.39 is 10.0 Å². The number of hydrogen-bond donors (Lipinski definition) is 2. The Kier molecular flexibility index (Phi) is 6.33. The monoisotopic (exact) mass is 401 g/mol. The minimum Gasteiger partial charge on any atom is -0.349 e. The van der Waals surface area contributed by atoms with E-state index in [0.29, 0.717) is 12.1 Å². The summed E-state index contributed by atoms with van der Waals surface area (Å²) in [6.07, 6.45) is 0.676. The molecule has 1 heterocycles. The lowest BCUT2D eigenvalue weighted by Crippen LogP contribution is -2.34. The first kappa shape index (κ1) is 19.2. The molecule has 0 atom stereocenters. The van der Waals surface area contributed by atoms with Crippen LogP contribution < -0.4 is 10.0 Å². The second-order valence-corrected chi connectivity index (χ2v) is 8.47. The van der Waals surface area contributed by atoms with Gasteiger partial charge >= 0.3 is 0 Å². The van der Waals surface area contributed by atoms with Crippen LogP contribution in [0.15, 0.2) is 70.9 Å². The molecule has 0 saturated carbocycles. The predicted molar refractivity (Wildman–Crippen MR) is 105 cm³/mol. The van der Waals surface area contributed by atoms with E-state index in [1.807, 2.05) is 30.3 Å². The number of aromatic nitrogens is 1. The molecule has 0 aliphatic carbocycles. The summed E-state index contributed by atoms with van der Waals surface area (Å²) in [5, 5.41) is 5.25. The van der Waals surface area contributed by atoms with E-state index in [2.05, 4.69) is 15.0 Å². The first-order valence-corrected chi connectivity index (χ1v) is 10.7. The van der Waals surface area contributed by atoms with Crippen LogP contribution in [0, 0.1) is 0 Å². The Morgan fingerprint density at radius 3 is 2.33 bits per heavy atom. The molecule has 0 unspecified atom stereocenters. The average molecular weight is 402 g/mol. The zero-order chi connectivity index (χ0) is 19.1. The lowest BCUT2D eigenvalue weighted by atomic mass is 10.2. The summed E-state index contributed by atoms with van der Waals surface area (Å²) < 4.78 is 26.6. The Balaban J connectivity index is 1.47. The van der Waals surface area contributed by atoms with Crippen molar-refractivity contribution in [3.05, 3.63) is 82.3 Å². The molecule has 140 valence electrons. The number of thiazole rings is 1. The maximum atomic E-state index is 12.2. The first-order valence-electron chi connectivity index (χ1n) is 8.36. The number of carbonyl (C=O) groups excluding carboxylic acids is 1. The summed E-state index contributed by atoms with van der Waals surface area (Å²) in [5.41, 5.74) is 1.48. The van der Waals surface area contributed by atoms with Crippen molar-refractivity contribution in [3.8, 4) is 0 Å². The molecule has 6 nitrogen and oxygen atoms in total. The summed E-state index contributed by atoms with van der Waals surface area (Å²) in [4.78, 5) is 16.7. The third kappa shape index (κ3) is 5.46. The molecule has 2 aromatic carbocycles. The fraction of sp³-hybridized carbons (Fsp3) is 0.158. The third-order valence-electron chi connectivity index (χ3n) is 3.74. The van der Waals surface area contributed by atoms with Crippen molar-refractivity contribution in [1.29, 1.82) is 0 Å². The highest BCUT2D eigenvalue weighted by atomic mass is 32.2. The molecule has 3 aromatic rings. The van der Waals surface area contributed by atoms with Crippen LogP contribution in [0.3, 0.4) is 0 Å². The van der Waals surface area contributed by atoms with Crippen molar-refractivity contribution in [3.63, 3.8) is 0 Å². The van der Waals surface area contributed by atoms with Gasteiger partial charge in [-0.3, -0.25) is 4.79 Å². The van der Waals surface area contributed by atoms with E-state index >= 15 is 0 Å². The fourth-order valence-corrected chi connectivity index (χ4v) is 4.26. The molecule has 0 spiro atoms. The quantitative estimate of drug-likeness (QED) is 0.568. The Morgan fingerprint density at radius 1 is 0.963 bits per heavy atom. The smallest absolute Gasteiger partial charge is 0.270 e. The number of rotatable bonds is 8. The molecule has 1 aromatic heterocycles. The highest BCUT2D eigenvalue weighted by Crippen LogP contribution is 2.14. The van der Waals surface area contributed by atoms with Crippen LogP contribution in [-0.2, 0) is 16.4 Å². The van der Waals surface area contributed by atoms with Gasteiger partial charge in [-0.05, 0) is 17.7 Å². The number of nitrogens with one attached hydrogen (secondary N) is 2. The lowest BCUT2D eigenvalue weighted by Gasteiger charge is -2.07. The molecule has 0 aliphatic rings. The van der Waals surface area contributed by atoms with Gasteiger partial charge in [0.2, 0.25) is 10.0 Å². The molecule has 0 aliphatic heterocycles. The SMILES string of the molecule is O=C(NCCNS(=O)(=O)c1ccccc1)c1csc(Cc2ccccc2)n1. The first-order chi connectivity index (χ1) is 13.0. The van der Waals surface area contributed by atoms with E-state index in [0.717, 1.165) is 10.6 Å². The van der Waals surface area contributed by atoms with Crippen molar-refractivity contribution in [1.82, 2.24) is 15.0 Å². The molecule has 0 saturated heterocycles. The van der Waals surface area contributed by atoms with Gasteiger partial charge in [-0.2, -0.15) is 0 Å². The van der Waals surface area contributed by atoms with Crippen LogP contribution in [0.4, 0.5) is 0 Å². The van der Waals surface area contributed by atoms with Crippen LogP contribution in [0.5, 0.6) is 0 Å². The molecule has 8 heteroatoms. The summed E-state index contributed by atoms with van der Waals surface area (Å²) in [7, 11) is -3.57. The van der Waals surface area contributed by atoms with Gasteiger partial charge in [-0.1, -0.05) is 48.5 Å². The van der Waals surface area contributed by atoms with E-state index in [9.17, 15) is 13.2 Å². The standard InChI is InChI=1S/C19H19N3O3S2/c23-19(17-14-26-18(22-17)13-15-7-3-1-4-8-15)20-11-12-21-27(24,25)16-9-5-2-6-10-16/h1-10,14,21H,11-13H2,(H,20,23). The minimum absolute atomic E-state index is 0.101. The lowest BCUT2D eigenvalue weighted by molar-refractivity contribution is 0.0950. The minimum atomic E-state index is -3.57. The molecular formula is C19H19N3O3S2. The van der Waals surface area contributed by atoms with Crippen LogP contribution in [0.25, 0.3) is 0 Å². The predicted octanol–water partition coefficient (Wildman–Crippen LogP) is 2.44. The maximum Gasteiger partial charge on any atom is 0.270 e. The summed E-state index contributed by atoms with van der Waals surface area (Å²) in [6.45, 7) is 0.278. The Labute approximate surface area is 162 Å². The second-order valence-electron chi connectivity index (χ2n) is 5.76. The van der Waals surface area contributed by atoms with Gasteiger partial charge in [0.15, 0.2) is 0 Å². The zero-order valence-electron chi connectivity index (χ0n) is 14.5. The van der Waals surface area contributed by atoms with Gasteiger partial charge < -0.3 is 5.32 Å². The Morgan fingerprint density at radius 2 is 1.63 bits per heavy atom. The average Bonchev–Trinajstić information content (AvgIpc) is 3.15. The van der Waals surface area contributed by atoms with E-state index in [-0.39, 0.29) is 23.9 Å². The molecule has 27 heavy (non-hydrogen) atoms. The highest BCUT2D eigenvalue weighted by Gasteiger charge is 2.14. The number of hydrogen-bond acceptors (Lipinski definition) is 5. The molecule has 1 amide bonds. The van der Waals surface area contributed by atoms with Crippen LogP contribution in [0.2, 0.25) is 0 Å². The summed E-state index contributed by atoms with van der Waals surface area (Å²) in [6, 6.07) is 18.0. The van der Waals surface area contributed by atoms with Gasteiger partial charge in [-0.25, -0.2) is 18.1 Å². The van der Waals surface area contributed by atoms with Crippen molar-refractivity contribution >= 4 is 27.3 Å². The van der Waals surface area contributed by atoms with Crippen LogP contribution in [-0.4, -0.2) is 32.4 Å². The van der Waals surface area contributed by atoms with Gasteiger partial charge in [0.1, 0.15) is 5.69 Å². The Bertz CT molecular complexity index is 987. The van der Waals surface area contributed by atoms with E-state index in [1.54, 1.807) is 23.6 Å². The van der Waals surface area contributed by atoms with Gasteiger partial charge in [0.25, 0.3) is 5.91 Å². The molecular weight excluding hydrogens is 382 g/mol. The zero-order valence-corrected chi connectivity index (χ0v) is 16.1. The number of benzene rings is 2. The number of amides is 1. The van der Waals surface area contributed by atoms with Crippen molar-refractivity contribution in [2.24, 2.45) is 0 Å². The summed E-state index contributed by atoms with van der Waals surface area (Å²) in [5.74, 6) is -0.315. The van der Waals surface area contributed by atoms with Crippen molar-refractivity contribution in [2.45, 2.75) is 11.3 Å². The fourth-order valence-electron chi connectivity index (χ4n) is 2.40. The second kappa shape index (κ2) is 8.90. The molecule has 0 bridgehead atoms. The maximum absolute atomic E-state index is 12.2. The van der Waals surface area contributed by atoms with Crippen molar-refractivity contribution in [2.75, 3.05) is 13.1 Å². The molecule has 3 rings (SSSR count). The van der Waals surface area contributed by atoms with E-state index in [1.165, 1.54) is 23.5 Å².